The Morgan fingerprint density at radius 1 is 0.310 bits per heavy atom. The van der Waals surface area contributed by atoms with Gasteiger partial charge in [0.05, 0.1) is 48.8 Å². The van der Waals surface area contributed by atoms with Crippen LogP contribution in [0.3, 0.4) is 0 Å². The fraction of sp³-hybridized carbons (Fsp3) is 1.00. The fourth-order valence-corrected chi connectivity index (χ4v) is 4.62. The van der Waals surface area contributed by atoms with Crippen LogP contribution in [0.5, 0.6) is 0 Å². The molecule has 84 heavy (non-hydrogen) atoms. The van der Waals surface area contributed by atoms with Crippen molar-refractivity contribution < 1.29 is 436 Å². The zero-order valence-electron chi connectivity index (χ0n) is 59.8. The van der Waals surface area contributed by atoms with Crippen LogP contribution in [0, 0.1) is 440 Å². The van der Waals surface area contributed by atoms with Crippen molar-refractivity contribution in [2.75, 3.05) is 135 Å². The molecule has 528 valence electrons. The fourth-order valence-electron chi connectivity index (χ4n) is 4.62. The minimum Gasteiger partial charge on any atom is -0.392 e. The molecule has 0 saturated heterocycles. The van der Waals surface area contributed by atoms with Crippen molar-refractivity contribution in [1.29, 1.82) is 0 Å². The van der Waals surface area contributed by atoms with Gasteiger partial charge in [0.1, 0.15) is 0 Å². The first kappa shape index (κ1) is 135. The van der Waals surface area contributed by atoms with E-state index in [0.717, 1.165) is 52.4 Å². The third-order valence-corrected chi connectivity index (χ3v) is 12.2. The number of nitrogens with zero attached hydrogens (tertiary/aromatic N) is 4. The molecule has 8 radical (unpaired) electrons. The average molecular weight is 2320 g/mol. The second kappa shape index (κ2) is 84.0. The zero-order valence-corrected chi connectivity index (χ0v) is 79.2. The molecule has 8 unspecified atom stereocenters. The summed E-state index contributed by atoms with van der Waals surface area (Å²) in [6, 6.07) is 0. The van der Waals surface area contributed by atoms with Gasteiger partial charge >= 0.3 is 0 Å². The zero-order chi connectivity index (χ0) is 62.6. The Balaban J connectivity index is -0.0000000444. The predicted octanol–water partition coefficient (Wildman–Crippen LogP) is 6.27. The van der Waals surface area contributed by atoms with Gasteiger partial charge in [-0.2, -0.15) is 0 Å². The molecule has 0 aromatic carbocycles. The third kappa shape index (κ3) is 110. The van der Waals surface area contributed by atoms with Crippen molar-refractivity contribution in [2.24, 2.45) is 45.3 Å². The molecule has 0 fully saturated rings. The summed E-state index contributed by atoms with van der Waals surface area (Å²) in [5.41, 5.74) is 0.0128. The SMILES string of the molecule is CC(C)C(O)CN(C)C.CCN(C)CC(O)C(C)(C)C.CCN(C)CC(O)C(C)C.CCNCC(O)C(C)(C)C.CCNCC(O)C(C)C.CN(C)CC(O)C(C)(C)C.CNCC(O)C(C)(C)C.CNCC(O)C(C)C.[Eu].[Eu].[Eu].[Eu].[Eu].[Eu].[Eu].[Eu]. The Hall–Kier alpha value is 12.0. The van der Waals surface area contributed by atoms with Crippen molar-refractivity contribution in [1.82, 2.24) is 40.9 Å². The van der Waals surface area contributed by atoms with Gasteiger partial charge in [0.15, 0.2) is 0 Å². The van der Waals surface area contributed by atoms with Gasteiger partial charge in [0.2, 0.25) is 0 Å². The van der Waals surface area contributed by atoms with Crippen LogP contribution in [0.4, 0.5) is 0 Å². The molecular formula is C60H144Eu8N8O8. The van der Waals surface area contributed by atoms with Gasteiger partial charge < -0.3 is 81.7 Å². The molecule has 8 atom stereocenters. The number of rotatable bonds is 24. The van der Waals surface area contributed by atoms with Crippen molar-refractivity contribution >= 4 is 0 Å². The van der Waals surface area contributed by atoms with Crippen LogP contribution in [0.1, 0.15) is 166 Å². The van der Waals surface area contributed by atoms with E-state index in [2.05, 4.69) is 65.7 Å². The van der Waals surface area contributed by atoms with Crippen LogP contribution in [0.15, 0.2) is 0 Å². The second-order valence-electron chi connectivity index (χ2n) is 26.7. The van der Waals surface area contributed by atoms with Crippen molar-refractivity contribution in [2.45, 2.75) is 215 Å². The van der Waals surface area contributed by atoms with Gasteiger partial charge in [-0.3, -0.25) is 0 Å². The van der Waals surface area contributed by atoms with E-state index in [0.29, 0.717) is 49.9 Å². The smallest absolute Gasteiger partial charge is 0.0715 e. The van der Waals surface area contributed by atoms with Gasteiger partial charge in [-0.25, -0.2) is 0 Å². The molecule has 0 saturated carbocycles. The van der Waals surface area contributed by atoms with Crippen molar-refractivity contribution in [3.05, 3.63) is 0 Å². The quantitative estimate of drug-likeness (QED) is 0.0512. The van der Waals surface area contributed by atoms with Gasteiger partial charge in [-0.1, -0.05) is 166 Å². The summed E-state index contributed by atoms with van der Waals surface area (Å²) in [5.74, 6) is 1.47. The first-order chi connectivity index (χ1) is 34.1. The van der Waals surface area contributed by atoms with Gasteiger partial charge in [0.25, 0.3) is 0 Å². The van der Waals surface area contributed by atoms with E-state index < -0.39 is 0 Å². The molecule has 0 aromatic rings. The minimum atomic E-state index is -0.248. The predicted molar refractivity (Wildman–Crippen MR) is 334 cm³/mol. The Kier molecular flexibility index (Phi) is 135. The number of hydrogen-bond donors (Lipinski definition) is 12. The Labute approximate surface area is 851 Å². The largest absolute Gasteiger partial charge is 0.392 e. The molecule has 12 N–H and O–H groups in total. The monoisotopic (exact) mass is 2330 g/mol. The van der Waals surface area contributed by atoms with Gasteiger partial charge in [-0.05, 0) is 128 Å². The maximum atomic E-state index is 9.65. The molecular weight excluding hydrogens is 2180 g/mol. The normalized spacial score (nSPS) is 13.7. The second-order valence-corrected chi connectivity index (χ2v) is 26.7. The number of hydrogen-bond acceptors (Lipinski definition) is 16. The summed E-state index contributed by atoms with van der Waals surface area (Å²) < 4.78 is 0. The van der Waals surface area contributed by atoms with Gasteiger partial charge in [0, 0.05) is 447 Å². The van der Waals surface area contributed by atoms with E-state index >= 15 is 0 Å². The Morgan fingerprint density at radius 3 is 0.738 bits per heavy atom. The van der Waals surface area contributed by atoms with Crippen LogP contribution < -0.4 is 21.3 Å². The summed E-state index contributed by atoms with van der Waals surface area (Å²) in [6.45, 7) is 58.6. The molecule has 0 bridgehead atoms. The van der Waals surface area contributed by atoms with Gasteiger partial charge in [-0.15, -0.1) is 0 Å². The van der Waals surface area contributed by atoms with Crippen molar-refractivity contribution in [3.8, 4) is 0 Å². The van der Waals surface area contributed by atoms with Crippen LogP contribution in [-0.2, 0) is 0 Å². The van der Waals surface area contributed by atoms with E-state index in [-0.39, 0.29) is 466 Å². The number of nitrogens with one attached hydrogen (secondary N) is 4. The molecule has 0 aliphatic heterocycles. The summed E-state index contributed by atoms with van der Waals surface area (Å²) in [6.07, 6.45) is -1.69. The molecule has 0 amide bonds. The summed E-state index contributed by atoms with van der Waals surface area (Å²) >= 11 is 0. The molecule has 16 nitrogen and oxygen atoms in total. The van der Waals surface area contributed by atoms with Crippen LogP contribution in [0.2, 0.25) is 0 Å². The molecule has 24 heteroatoms. The average Bonchev–Trinajstić information content (AvgIpc) is 3.27. The number of aliphatic hydroxyl groups is 8. The van der Waals surface area contributed by atoms with Crippen LogP contribution in [-0.4, -0.2) is 244 Å². The van der Waals surface area contributed by atoms with E-state index in [1.54, 1.807) is 0 Å². The molecule has 0 rings (SSSR count). The maximum absolute atomic E-state index is 9.65. The van der Waals surface area contributed by atoms with Crippen molar-refractivity contribution in [3.63, 3.8) is 0 Å². The Morgan fingerprint density at radius 2 is 0.548 bits per heavy atom. The van der Waals surface area contributed by atoms with Crippen LogP contribution >= 0.6 is 0 Å². The van der Waals surface area contributed by atoms with Crippen LogP contribution in [0.25, 0.3) is 0 Å². The first-order valence-corrected chi connectivity index (χ1v) is 29.0. The first-order valence-electron chi connectivity index (χ1n) is 29.0. The topological polar surface area (TPSA) is 223 Å². The third-order valence-electron chi connectivity index (χ3n) is 12.2. The standard InChI is InChI=1S/C9H21NO.3C8H19NO.3C7H17NO.C6H15NO.8Eu/c1-6-10(5)7-8(11)9(2,3)4;1-8(2,3)7(10)6-9(4)5;1-5-9-6-7(10)8(2,3)4;1-5-9(4)6-8(10)7(2)3;1-7(2,3)6(9)5-8-4;1-6(2)7(9)5-8(3)4;1-4-8-5-7(9)6(2)3;1-5(2)6(8)4-7-3;;;;;;;;/h8,11H,6-7H2,1-5H3;7,10H,6H2,1-5H3;7,9-10H,5-6H2,1-4H3;7-8,10H,5-6H2,1-4H3;6,8-9H,5H2,1-4H3;6-7,9H,5H2,1-4H3;6-9H,4-5H2,1-3H3;5-8H,4H2,1-3H3;;;;;;;;. The number of aliphatic hydroxyl groups excluding tert-OH is 8. The van der Waals surface area contributed by atoms with E-state index in [1.165, 1.54) is 0 Å². The molecule has 0 aromatic heterocycles. The number of likely N-dealkylation sites (N-methyl/N-ethyl adjacent to an activating group) is 8. The van der Waals surface area contributed by atoms with E-state index in [9.17, 15) is 35.7 Å². The Bertz CT molecular complexity index is 1200. The summed E-state index contributed by atoms with van der Waals surface area (Å²) in [7, 11) is 15.6. The van der Waals surface area contributed by atoms with E-state index in [1.807, 2.05) is 198 Å². The van der Waals surface area contributed by atoms with E-state index in [4.69, 9.17) is 5.11 Å². The summed E-state index contributed by atoms with van der Waals surface area (Å²) in [5, 5.41) is 86.8. The molecule has 0 spiro atoms. The maximum Gasteiger partial charge on any atom is 0.0715 e. The molecule has 0 aliphatic rings. The summed E-state index contributed by atoms with van der Waals surface area (Å²) in [4.78, 5) is 8.22. The molecule has 0 heterocycles. The minimum absolute atomic E-state index is 0. The molecule has 0 aliphatic carbocycles.